The molecule has 0 bridgehead atoms. The Hall–Kier alpha value is -8.59. The van der Waals surface area contributed by atoms with Crippen LogP contribution >= 0.6 is 0 Å². The molecule has 14 atom stereocenters. The Balaban J connectivity index is 1.15. The van der Waals surface area contributed by atoms with Gasteiger partial charge >= 0.3 is 35.2 Å². The fourth-order valence-electron chi connectivity index (χ4n) is 8.89. The van der Waals surface area contributed by atoms with Crippen molar-refractivity contribution >= 4 is 47.0 Å². The van der Waals surface area contributed by atoms with Gasteiger partial charge in [-0.15, -0.1) is 0 Å². The number of aliphatic carboxylic acids is 1. The van der Waals surface area contributed by atoms with Crippen LogP contribution in [0.3, 0.4) is 0 Å². The third-order valence-electron chi connectivity index (χ3n) is 13.3. The number of methoxy groups -OCH3 is 3. The number of carbonyl (C=O) groups excluding carboxylic acids is 3. The predicted octanol–water partition coefficient (Wildman–Crippen LogP) is 0.604. The van der Waals surface area contributed by atoms with Gasteiger partial charge in [-0.05, 0) is 71.8 Å². The summed E-state index contributed by atoms with van der Waals surface area (Å²) in [5.41, 5.74) is 0.628. The standard InChI is InChI=1S/C56H58O29/c1-73-34-14-24(4-11-30(34)59)5-12-41(63)76-22-39-47(69)49(71)53(85-55-52(44(66)31(60)21-78-55)84-42(64)13-6-25-15-35(74-2)45(67)36(16-25)75-3)56(83-39)81-37-19-29-32(79-51(37)26-7-9-27(57)10-8-26)17-28(58)18-33(29)80-54-50(72)48(70)46(68)38(82-54)23-77-43(65)20-40(61)62/h4-19,31,38-39,44,46-50,52-56,60,66,68-72H,20-23H2,1-3H3,(H4-,57,58,59,61,62,63,64,67)/p+1. The van der Waals surface area contributed by atoms with Crippen LogP contribution in [0.4, 0.5) is 0 Å². The Morgan fingerprint density at radius 1 is 0.588 bits per heavy atom. The Morgan fingerprint density at radius 3 is 1.87 bits per heavy atom. The second-order valence-electron chi connectivity index (χ2n) is 19.1. The number of carbonyl (C=O) groups is 4. The highest BCUT2D eigenvalue weighted by atomic mass is 16.8. The quantitative estimate of drug-likeness (QED) is 0.0157. The Morgan fingerprint density at radius 2 is 1.20 bits per heavy atom. The molecule has 12 N–H and O–H groups in total. The van der Waals surface area contributed by atoms with E-state index in [4.69, 9.17) is 66.4 Å². The van der Waals surface area contributed by atoms with Crippen molar-refractivity contribution in [3.05, 3.63) is 96.1 Å². The van der Waals surface area contributed by atoms with E-state index in [0.29, 0.717) is 5.56 Å². The molecule has 0 radical (unpaired) electrons. The maximum atomic E-state index is 13.5. The van der Waals surface area contributed by atoms with E-state index in [1.807, 2.05) is 0 Å². The van der Waals surface area contributed by atoms with Crippen molar-refractivity contribution in [1.29, 1.82) is 0 Å². The zero-order chi connectivity index (χ0) is 61.4. The molecule has 3 fully saturated rings. The number of phenols is 4. The predicted molar refractivity (Wildman–Crippen MR) is 283 cm³/mol. The molecule has 0 spiro atoms. The Bertz CT molecular complexity index is 3230. The number of esters is 3. The van der Waals surface area contributed by atoms with Crippen LogP contribution in [0.15, 0.2) is 89.4 Å². The van der Waals surface area contributed by atoms with Crippen LogP contribution in [0.1, 0.15) is 17.5 Å². The van der Waals surface area contributed by atoms with Crippen molar-refractivity contribution in [2.24, 2.45) is 0 Å². The molecule has 0 aliphatic carbocycles. The summed E-state index contributed by atoms with van der Waals surface area (Å²) in [5.74, 6) is -7.03. The molecule has 14 unspecified atom stereocenters. The Kier molecular flexibility index (Phi) is 20.1. The molecule has 85 heavy (non-hydrogen) atoms. The summed E-state index contributed by atoms with van der Waals surface area (Å²) >= 11 is 0. The third-order valence-corrected chi connectivity index (χ3v) is 13.3. The van der Waals surface area contributed by atoms with Crippen molar-refractivity contribution in [2.75, 3.05) is 41.2 Å². The molecule has 456 valence electrons. The maximum Gasteiger partial charge on any atom is 0.402 e. The summed E-state index contributed by atoms with van der Waals surface area (Å²) in [6.07, 6.45) is -23.5. The van der Waals surface area contributed by atoms with Crippen LogP contribution in [0.2, 0.25) is 0 Å². The van der Waals surface area contributed by atoms with Gasteiger partial charge in [0, 0.05) is 24.3 Å². The van der Waals surface area contributed by atoms with E-state index in [1.165, 1.54) is 94.1 Å². The number of aliphatic hydroxyl groups is 7. The Labute approximate surface area is 480 Å². The van der Waals surface area contributed by atoms with Crippen LogP contribution in [-0.4, -0.2) is 212 Å². The molecule has 5 aromatic rings. The number of fused-ring (bicyclic) bond motifs is 1. The average Bonchev–Trinajstić information content (AvgIpc) is 3.63. The van der Waals surface area contributed by atoms with Crippen LogP contribution in [0.5, 0.6) is 51.7 Å². The monoisotopic (exact) mass is 1200 g/mol. The highest BCUT2D eigenvalue weighted by Gasteiger charge is 2.52. The first kappa shape index (κ1) is 62.5. The topological polar surface area (TPSA) is 433 Å². The van der Waals surface area contributed by atoms with E-state index < -0.39 is 148 Å². The largest absolute Gasteiger partial charge is 0.508 e. The number of rotatable bonds is 21. The number of carboxylic acid groups (broad SMARTS) is 1. The smallest absolute Gasteiger partial charge is 0.402 e. The average molecular weight is 1200 g/mol. The summed E-state index contributed by atoms with van der Waals surface area (Å²) in [4.78, 5) is 49.7. The van der Waals surface area contributed by atoms with Gasteiger partial charge in [0.2, 0.25) is 24.1 Å². The first-order chi connectivity index (χ1) is 40.5. The fraction of sp³-hybridized carbons (Fsp3) is 0.375. The van der Waals surface area contributed by atoms with Gasteiger partial charge in [0.25, 0.3) is 0 Å². The number of hydrogen-bond donors (Lipinski definition) is 12. The molecule has 0 saturated carbocycles. The summed E-state index contributed by atoms with van der Waals surface area (Å²) in [5, 5.41) is 129. The van der Waals surface area contributed by atoms with Crippen molar-refractivity contribution < 1.29 is 142 Å². The zero-order valence-electron chi connectivity index (χ0n) is 45.0. The van der Waals surface area contributed by atoms with Crippen LogP contribution in [0.25, 0.3) is 34.4 Å². The molecule has 0 amide bonds. The molecule has 3 aliphatic heterocycles. The third kappa shape index (κ3) is 14.9. The van der Waals surface area contributed by atoms with E-state index >= 15 is 0 Å². The normalized spacial score (nSPS) is 26.8. The van der Waals surface area contributed by atoms with E-state index in [2.05, 4.69) is 0 Å². The molecule has 3 saturated heterocycles. The number of aromatic hydroxyl groups is 4. The molecule has 4 aromatic carbocycles. The van der Waals surface area contributed by atoms with E-state index in [-0.39, 0.29) is 68.1 Å². The number of carboxylic acids is 1. The highest BCUT2D eigenvalue weighted by Crippen LogP contribution is 2.43. The molecule has 8 rings (SSSR count). The summed E-state index contributed by atoms with van der Waals surface area (Å²) in [6.45, 7) is -2.27. The lowest BCUT2D eigenvalue weighted by Gasteiger charge is -2.45. The lowest BCUT2D eigenvalue weighted by Crippen LogP contribution is -2.64. The number of aliphatic hydroxyl groups excluding tert-OH is 7. The molecule has 4 heterocycles. The maximum absolute atomic E-state index is 13.5. The van der Waals surface area contributed by atoms with Gasteiger partial charge in [-0.2, -0.15) is 0 Å². The lowest BCUT2D eigenvalue weighted by molar-refractivity contribution is -0.345. The van der Waals surface area contributed by atoms with Crippen molar-refractivity contribution in [3.8, 4) is 63.1 Å². The van der Waals surface area contributed by atoms with Crippen molar-refractivity contribution in [3.63, 3.8) is 0 Å². The van der Waals surface area contributed by atoms with E-state index in [9.17, 15) is 75.3 Å². The van der Waals surface area contributed by atoms with Gasteiger partial charge in [-0.25, -0.2) is 14.0 Å². The van der Waals surface area contributed by atoms with Gasteiger partial charge in [0.05, 0.1) is 39.6 Å². The second-order valence-corrected chi connectivity index (χ2v) is 19.1. The summed E-state index contributed by atoms with van der Waals surface area (Å²) in [7, 11) is 3.89. The minimum Gasteiger partial charge on any atom is -0.508 e. The van der Waals surface area contributed by atoms with Crippen LogP contribution in [0, 0.1) is 0 Å². The van der Waals surface area contributed by atoms with E-state index in [1.54, 1.807) is 0 Å². The van der Waals surface area contributed by atoms with Gasteiger partial charge in [-0.1, -0.05) is 6.07 Å². The minimum absolute atomic E-state index is 0.0120. The van der Waals surface area contributed by atoms with Crippen molar-refractivity contribution in [2.45, 2.75) is 92.4 Å². The number of benzene rings is 4. The van der Waals surface area contributed by atoms with Crippen LogP contribution in [-0.2, 0) is 52.3 Å². The molecule has 1 aromatic heterocycles. The van der Waals surface area contributed by atoms with Crippen molar-refractivity contribution in [1.82, 2.24) is 0 Å². The molecular weight excluding hydrogens is 1140 g/mol. The number of phenolic OH excluding ortho intramolecular Hbond substituents is 4. The van der Waals surface area contributed by atoms with Crippen LogP contribution < -0.4 is 23.7 Å². The second kappa shape index (κ2) is 27.4. The number of hydrogen-bond acceptors (Lipinski definition) is 27. The first-order valence-electron chi connectivity index (χ1n) is 25.6. The summed E-state index contributed by atoms with van der Waals surface area (Å²) in [6, 6.07) is 15.5. The molecular formula is C56H59O29+. The molecule has 29 nitrogen and oxygen atoms in total. The number of ether oxygens (including phenoxy) is 12. The molecule has 3 aliphatic rings. The zero-order valence-corrected chi connectivity index (χ0v) is 45.0. The van der Waals surface area contributed by atoms with Gasteiger partial charge in [0.15, 0.2) is 41.5 Å². The fourth-order valence-corrected chi connectivity index (χ4v) is 8.89. The molecule has 29 heteroatoms. The highest BCUT2D eigenvalue weighted by molar-refractivity contribution is 5.91. The van der Waals surface area contributed by atoms with Gasteiger partial charge in [0.1, 0.15) is 97.2 Å². The first-order valence-corrected chi connectivity index (χ1v) is 25.6. The van der Waals surface area contributed by atoms with Gasteiger partial charge in [-0.3, -0.25) is 9.59 Å². The summed E-state index contributed by atoms with van der Waals surface area (Å²) < 4.78 is 74.0. The van der Waals surface area contributed by atoms with Gasteiger partial charge < -0.3 is 118 Å². The SMILES string of the molecule is COc1cc(C=CC(=O)OCC2OC(Oc3cc4c(OC5OC(COC(=O)CC(=O)O)C(O)C(O)C5O)cc(O)cc4[o+]c3-c3ccc(O)cc3)C(OC3OCC(O)C(O)C3OC(=O)C=Cc3cc(OC)c(O)c(OC)c3)C(O)C2O)ccc1O. The minimum atomic E-state index is -2.14. The van der Waals surface area contributed by atoms with E-state index in [0.717, 1.165) is 24.3 Å². The lowest BCUT2D eigenvalue weighted by atomic mass is 9.98.